The van der Waals surface area contributed by atoms with E-state index in [9.17, 15) is 0 Å². The lowest BCUT2D eigenvalue weighted by Crippen LogP contribution is -2.53. The van der Waals surface area contributed by atoms with Crippen LogP contribution in [-0.2, 0) is 4.74 Å². The van der Waals surface area contributed by atoms with Gasteiger partial charge in [-0.05, 0) is 51.6 Å². The Labute approximate surface area is 118 Å². The number of hydrogen-bond donors (Lipinski definition) is 1. The second-order valence-corrected chi connectivity index (χ2v) is 6.78. The Morgan fingerprint density at radius 1 is 1.21 bits per heavy atom. The minimum atomic E-state index is 0.272. The lowest BCUT2D eigenvalue weighted by atomic mass is 9.87. The Kier molecular flexibility index (Phi) is 4.45. The van der Waals surface area contributed by atoms with Gasteiger partial charge in [-0.2, -0.15) is 0 Å². The minimum Gasteiger partial charge on any atom is -0.375 e. The number of likely N-dealkylation sites (tertiary alicyclic amines) is 1. The summed E-state index contributed by atoms with van der Waals surface area (Å²) in [6.07, 6.45) is 10.7. The molecule has 1 N–H and O–H groups in total. The zero-order chi connectivity index (χ0) is 13.1. The molecule has 3 heteroatoms. The molecular weight excluding hydrogens is 236 g/mol. The van der Waals surface area contributed by atoms with Crippen molar-refractivity contribution < 1.29 is 4.74 Å². The van der Waals surface area contributed by atoms with Crippen molar-refractivity contribution in [3.63, 3.8) is 0 Å². The van der Waals surface area contributed by atoms with E-state index in [0.29, 0.717) is 0 Å². The van der Waals surface area contributed by atoms with Crippen LogP contribution in [-0.4, -0.2) is 48.8 Å². The third-order valence-corrected chi connectivity index (χ3v) is 5.44. The highest BCUT2D eigenvalue weighted by Crippen LogP contribution is 2.41. The van der Waals surface area contributed by atoms with E-state index in [1.54, 1.807) is 0 Å². The summed E-state index contributed by atoms with van der Waals surface area (Å²) in [6.45, 7) is 6.89. The fraction of sp³-hybridized carbons (Fsp3) is 1.00. The highest BCUT2D eigenvalue weighted by atomic mass is 16.5. The molecule has 0 amide bonds. The summed E-state index contributed by atoms with van der Waals surface area (Å²) in [4.78, 5) is 2.76. The topological polar surface area (TPSA) is 24.5 Å². The van der Waals surface area contributed by atoms with Crippen LogP contribution in [0.4, 0.5) is 0 Å². The standard InChI is InChI=1S/C16H30N2O/c1-2-17-14-6-5-10-18(13-14)15-7-11-19-16(12-15)8-3-4-9-16/h14-15,17H,2-13H2,1H3. The fourth-order valence-electron chi connectivity index (χ4n) is 4.47. The van der Waals surface area contributed by atoms with Crippen LogP contribution in [0.2, 0.25) is 0 Å². The molecule has 0 radical (unpaired) electrons. The van der Waals surface area contributed by atoms with Crippen LogP contribution in [0.3, 0.4) is 0 Å². The van der Waals surface area contributed by atoms with E-state index >= 15 is 0 Å². The normalized spacial score (nSPS) is 35.8. The molecule has 0 aromatic rings. The lowest BCUT2D eigenvalue weighted by Gasteiger charge is -2.45. The van der Waals surface area contributed by atoms with E-state index in [4.69, 9.17) is 4.74 Å². The van der Waals surface area contributed by atoms with Crippen molar-refractivity contribution in [3.8, 4) is 0 Å². The molecule has 1 spiro atoms. The van der Waals surface area contributed by atoms with Gasteiger partial charge in [0.1, 0.15) is 0 Å². The summed E-state index contributed by atoms with van der Waals surface area (Å²) in [7, 11) is 0. The monoisotopic (exact) mass is 266 g/mol. The van der Waals surface area contributed by atoms with E-state index < -0.39 is 0 Å². The SMILES string of the molecule is CCNC1CCCN(C2CCOC3(CCCC3)C2)C1. The van der Waals surface area contributed by atoms with Crippen molar-refractivity contribution in [3.05, 3.63) is 0 Å². The van der Waals surface area contributed by atoms with Crippen molar-refractivity contribution >= 4 is 0 Å². The summed E-state index contributed by atoms with van der Waals surface area (Å²) >= 11 is 0. The Bertz CT molecular complexity index is 286. The van der Waals surface area contributed by atoms with Gasteiger partial charge in [0.15, 0.2) is 0 Å². The van der Waals surface area contributed by atoms with Gasteiger partial charge >= 0.3 is 0 Å². The van der Waals surface area contributed by atoms with Crippen molar-refractivity contribution in [2.24, 2.45) is 0 Å². The first-order valence-electron chi connectivity index (χ1n) is 8.43. The first-order chi connectivity index (χ1) is 9.31. The first kappa shape index (κ1) is 13.8. The van der Waals surface area contributed by atoms with Crippen LogP contribution in [0.15, 0.2) is 0 Å². The summed E-state index contributed by atoms with van der Waals surface area (Å²) in [5.74, 6) is 0. The zero-order valence-corrected chi connectivity index (χ0v) is 12.5. The van der Waals surface area contributed by atoms with Crippen LogP contribution in [0.25, 0.3) is 0 Å². The number of ether oxygens (including phenoxy) is 1. The molecular formula is C16H30N2O. The Morgan fingerprint density at radius 3 is 2.84 bits per heavy atom. The average Bonchev–Trinajstić information content (AvgIpc) is 2.87. The molecule has 2 atom stereocenters. The van der Waals surface area contributed by atoms with Gasteiger partial charge in [0.2, 0.25) is 0 Å². The zero-order valence-electron chi connectivity index (χ0n) is 12.5. The second kappa shape index (κ2) is 6.11. The van der Waals surface area contributed by atoms with Gasteiger partial charge < -0.3 is 10.1 Å². The van der Waals surface area contributed by atoms with Crippen molar-refractivity contribution in [1.29, 1.82) is 0 Å². The van der Waals surface area contributed by atoms with Gasteiger partial charge in [-0.3, -0.25) is 4.90 Å². The summed E-state index contributed by atoms with van der Waals surface area (Å²) in [5, 5.41) is 3.64. The summed E-state index contributed by atoms with van der Waals surface area (Å²) < 4.78 is 6.18. The van der Waals surface area contributed by atoms with Crippen LogP contribution in [0.1, 0.15) is 58.3 Å². The molecule has 2 unspecified atom stereocenters. The summed E-state index contributed by atoms with van der Waals surface area (Å²) in [5.41, 5.74) is 0.272. The lowest BCUT2D eigenvalue weighted by molar-refractivity contribution is -0.104. The van der Waals surface area contributed by atoms with Crippen LogP contribution < -0.4 is 5.32 Å². The number of nitrogens with one attached hydrogen (secondary N) is 1. The average molecular weight is 266 g/mol. The number of rotatable bonds is 3. The molecule has 0 bridgehead atoms. The minimum absolute atomic E-state index is 0.272. The third kappa shape index (κ3) is 3.14. The maximum Gasteiger partial charge on any atom is 0.0697 e. The van der Waals surface area contributed by atoms with Gasteiger partial charge in [-0.1, -0.05) is 19.8 Å². The van der Waals surface area contributed by atoms with Crippen molar-refractivity contribution in [1.82, 2.24) is 10.2 Å². The number of hydrogen-bond acceptors (Lipinski definition) is 3. The van der Waals surface area contributed by atoms with Crippen LogP contribution >= 0.6 is 0 Å². The second-order valence-electron chi connectivity index (χ2n) is 6.78. The molecule has 19 heavy (non-hydrogen) atoms. The molecule has 1 saturated carbocycles. The van der Waals surface area contributed by atoms with Gasteiger partial charge in [0.05, 0.1) is 5.60 Å². The van der Waals surface area contributed by atoms with E-state index in [2.05, 4.69) is 17.1 Å². The predicted octanol–water partition coefficient (Wildman–Crippen LogP) is 2.55. The predicted molar refractivity (Wildman–Crippen MR) is 78.4 cm³/mol. The van der Waals surface area contributed by atoms with Crippen molar-refractivity contribution in [2.75, 3.05) is 26.2 Å². The van der Waals surface area contributed by atoms with E-state index in [-0.39, 0.29) is 5.60 Å². The molecule has 3 fully saturated rings. The largest absolute Gasteiger partial charge is 0.375 e. The molecule has 2 saturated heterocycles. The quantitative estimate of drug-likeness (QED) is 0.849. The third-order valence-electron chi connectivity index (χ3n) is 5.44. The first-order valence-corrected chi connectivity index (χ1v) is 8.43. The smallest absolute Gasteiger partial charge is 0.0697 e. The summed E-state index contributed by atoms with van der Waals surface area (Å²) in [6, 6.07) is 1.51. The molecule has 110 valence electrons. The van der Waals surface area contributed by atoms with Crippen LogP contribution in [0.5, 0.6) is 0 Å². The van der Waals surface area contributed by atoms with Gasteiger partial charge in [-0.15, -0.1) is 0 Å². The van der Waals surface area contributed by atoms with Gasteiger partial charge in [-0.25, -0.2) is 0 Å². The molecule has 2 heterocycles. The Morgan fingerprint density at radius 2 is 2.05 bits per heavy atom. The highest BCUT2D eigenvalue weighted by molar-refractivity contribution is 4.95. The Hall–Kier alpha value is -0.120. The molecule has 3 nitrogen and oxygen atoms in total. The molecule has 3 aliphatic rings. The van der Waals surface area contributed by atoms with E-state index in [0.717, 1.165) is 25.2 Å². The number of piperidine rings is 1. The van der Waals surface area contributed by atoms with E-state index in [1.807, 2.05) is 0 Å². The van der Waals surface area contributed by atoms with Gasteiger partial charge in [0, 0.05) is 25.2 Å². The highest BCUT2D eigenvalue weighted by Gasteiger charge is 2.42. The number of nitrogens with zero attached hydrogens (tertiary/aromatic N) is 1. The molecule has 2 aliphatic heterocycles. The van der Waals surface area contributed by atoms with E-state index in [1.165, 1.54) is 64.5 Å². The maximum absolute atomic E-state index is 6.18. The number of likely N-dealkylation sites (N-methyl/N-ethyl adjacent to an activating group) is 1. The molecule has 0 aromatic heterocycles. The molecule has 1 aliphatic carbocycles. The fourth-order valence-corrected chi connectivity index (χ4v) is 4.47. The Balaban J connectivity index is 1.58. The molecule has 0 aromatic carbocycles. The van der Waals surface area contributed by atoms with Gasteiger partial charge in [0.25, 0.3) is 0 Å². The van der Waals surface area contributed by atoms with Crippen molar-refractivity contribution in [2.45, 2.75) is 76.0 Å². The molecule has 3 rings (SSSR count). The maximum atomic E-state index is 6.18. The van der Waals surface area contributed by atoms with Crippen LogP contribution in [0, 0.1) is 0 Å².